The summed E-state index contributed by atoms with van der Waals surface area (Å²) in [6.45, 7) is 2.19. The molecule has 7 heteroatoms. The topological polar surface area (TPSA) is 82.1 Å². The molecule has 36 heavy (non-hydrogen) atoms. The minimum atomic E-state index is -0.394. The summed E-state index contributed by atoms with van der Waals surface area (Å²) >= 11 is 0. The van der Waals surface area contributed by atoms with Crippen molar-refractivity contribution in [3.8, 4) is 0 Å². The standard InChI is InChI=1S/C29H26N4O3/c34-28-24-8-4-5-9-25(24)29(35)27-26(28)30-33(36)32(27)19-22-10-12-23(13-11-22)31-16-14-21(15-17-31)18-20-6-2-1-3-7-20/h1-13,21H,14-19H2. The molecule has 0 bridgehead atoms. The van der Waals surface area contributed by atoms with Crippen LogP contribution in [0.5, 0.6) is 0 Å². The van der Waals surface area contributed by atoms with Gasteiger partial charge in [-0.3, -0.25) is 9.59 Å². The number of rotatable bonds is 5. The third-order valence-electron chi connectivity index (χ3n) is 7.34. The van der Waals surface area contributed by atoms with Gasteiger partial charge in [-0.15, -0.1) is 4.68 Å². The molecule has 1 aliphatic heterocycles. The molecule has 3 aromatic carbocycles. The van der Waals surface area contributed by atoms with E-state index in [2.05, 4.69) is 52.5 Å². The highest BCUT2D eigenvalue weighted by Gasteiger charge is 2.39. The van der Waals surface area contributed by atoms with E-state index in [0.29, 0.717) is 16.4 Å². The van der Waals surface area contributed by atoms with Crippen LogP contribution in [0, 0.1) is 11.1 Å². The SMILES string of the molecule is O=C1c2ccccc2C(=O)c2c1n[n+]([O-])n2Cc1ccc(N2CCC(Cc3ccccc3)CC2)cc1. The van der Waals surface area contributed by atoms with E-state index in [-0.39, 0.29) is 29.3 Å². The molecule has 0 amide bonds. The third-order valence-corrected chi connectivity index (χ3v) is 7.34. The summed E-state index contributed by atoms with van der Waals surface area (Å²) in [6, 6.07) is 25.4. The average molecular weight is 479 g/mol. The molecule has 4 aromatic rings. The molecule has 2 aliphatic rings. The second-order valence-electron chi connectivity index (χ2n) is 9.60. The van der Waals surface area contributed by atoms with Crippen molar-refractivity contribution in [3.63, 3.8) is 0 Å². The minimum absolute atomic E-state index is 0.0539. The van der Waals surface area contributed by atoms with Crippen LogP contribution < -0.4 is 9.86 Å². The Kier molecular flexibility index (Phi) is 5.60. The van der Waals surface area contributed by atoms with Gasteiger partial charge in [0.15, 0.2) is 5.69 Å². The Morgan fingerprint density at radius 3 is 2.14 bits per heavy atom. The fourth-order valence-electron chi connectivity index (χ4n) is 5.37. The van der Waals surface area contributed by atoms with Gasteiger partial charge in [-0.1, -0.05) is 66.7 Å². The lowest BCUT2D eigenvalue weighted by atomic mass is 9.90. The largest absolute Gasteiger partial charge is 0.571 e. The summed E-state index contributed by atoms with van der Waals surface area (Å²) in [5, 5.41) is 16.4. The molecule has 0 saturated carbocycles. The van der Waals surface area contributed by atoms with Crippen molar-refractivity contribution < 1.29 is 14.5 Å². The van der Waals surface area contributed by atoms with Crippen LogP contribution in [0.2, 0.25) is 0 Å². The maximum absolute atomic E-state index is 13.1. The summed E-state index contributed by atoms with van der Waals surface area (Å²) in [4.78, 5) is 28.7. The van der Waals surface area contributed by atoms with Crippen molar-refractivity contribution in [1.82, 2.24) is 9.78 Å². The number of aromatic nitrogens is 3. The lowest BCUT2D eigenvalue weighted by molar-refractivity contribution is -0.748. The van der Waals surface area contributed by atoms with E-state index in [0.717, 1.165) is 43.6 Å². The van der Waals surface area contributed by atoms with Gasteiger partial charge in [0.25, 0.3) is 0 Å². The van der Waals surface area contributed by atoms with Gasteiger partial charge in [-0.25, -0.2) is 0 Å². The second-order valence-corrected chi connectivity index (χ2v) is 9.60. The first-order valence-electron chi connectivity index (χ1n) is 12.4. The van der Waals surface area contributed by atoms with Gasteiger partial charge in [-0.2, -0.15) is 0 Å². The predicted molar refractivity (Wildman–Crippen MR) is 135 cm³/mol. The van der Waals surface area contributed by atoms with E-state index in [4.69, 9.17) is 0 Å². The number of fused-ring (bicyclic) bond motifs is 2. The summed E-state index contributed by atoms with van der Waals surface area (Å²) in [6.07, 6.45) is 3.45. The van der Waals surface area contributed by atoms with E-state index in [1.807, 2.05) is 12.1 Å². The molecule has 1 aromatic heterocycles. The lowest BCUT2D eigenvalue weighted by Gasteiger charge is -2.33. The number of piperidine rings is 1. The molecule has 0 unspecified atom stereocenters. The summed E-state index contributed by atoms with van der Waals surface area (Å²) < 4.78 is 1.25. The highest BCUT2D eigenvalue weighted by atomic mass is 16.5. The number of ketones is 2. The fourth-order valence-corrected chi connectivity index (χ4v) is 5.37. The first-order valence-corrected chi connectivity index (χ1v) is 12.4. The molecule has 7 nitrogen and oxygen atoms in total. The summed E-state index contributed by atoms with van der Waals surface area (Å²) in [7, 11) is 0. The molecule has 2 heterocycles. The Balaban J connectivity index is 1.15. The smallest absolute Gasteiger partial charge is 0.220 e. The van der Waals surface area contributed by atoms with Crippen molar-refractivity contribution in [2.45, 2.75) is 25.8 Å². The molecule has 0 atom stereocenters. The first-order chi connectivity index (χ1) is 17.6. The Labute approximate surface area is 209 Å². The number of benzene rings is 3. The lowest BCUT2D eigenvalue weighted by Crippen LogP contribution is -2.41. The Hall–Kier alpha value is -4.26. The zero-order valence-corrected chi connectivity index (χ0v) is 19.8. The maximum Gasteiger partial charge on any atom is 0.220 e. The van der Waals surface area contributed by atoms with Crippen molar-refractivity contribution >= 4 is 17.3 Å². The van der Waals surface area contributed by atoms with E-state index >= 15 is 0 Å². The normalized spacial score (nSPS) is 15.6. The molecule has 180 valence electrons. The van der Waals surface area contributed by atoms with Gasteiger partial charge >= 0.3 is 0 Å². The van der Waals surface area contributed by atoms with Crippen LogP contribution >= 0.6 is 0 Å². The molecular formula is C29H26N4O3. The van der Waals surface area contributed by atoms with E-state index in [1.54, 1.807) is 24.3 Å². The highest BCUT2D eigenvalue weighted by molar-refractivity contribution is 6.26. The number of anilines is 1. The Morgan fingerprint density at radius 2 is 1.44 bits per heavy atom. The predicted octanol–water partition coefficient (Wildman–Crippen LogP) is 3.80. The van der Waals surface area contributed by atoms with Gasteiger partial charge in [0.05, 0.1) is 0 Å². The van der Waals surface area contributed by atoms with Crippen LogP contribution in [0.1, 0.15) is 56.1 Å². The van der Waals surface area contributed by atoms with Gasteiger partial charge in [0.1, 0.15) is 6.54 Å². The third kappa shape index (κ3) is 3.96. The van der Waals surface area contributed by atoms with E-state index in [9.17, 15) is 14.8 Å². The monoisotopic (exact) mass is 478 g/mol. The molecule has 1 aliphatic carbocycles. The zero-order valence-electron chi connectivity index (χ0n) is 19.8. The second kappa shape index (κ2) is 9.07. The van der Waals surface area contributed by atoms with E-state index in [1.165, 1.54) is 10.2 Å². The van der Waals surface area contributed by atoms with Crippen molar-refractivity contribution in [2.75, 3.05) is 18.0 Å². The fraction of sp³-hybridized carbons (Fsp3) is 0.241. The van der Waals surface area contributed by atoms with E-state index < -0.39 is 5.78 Å². The molecule has 0 spiro atoms. The molecular weight excluding hydrogens is 452 g/mol. The first kappa shape index (κ1) is 22.2. The van der Waals surface area contributed by atoms with Crippen LogP contribution in [0.15, 0.2) is 78.9 Å². The summed E-state index contributed by atoms with van der Waals surface area (Å²) in [5.41, 5.74) is 3.99. The van der Waals surface area contributed by atoms with Gasteiger partial charge in [0, 0.05) is 40.0 Å². The quantitative estimate of drug-likeness (QED) is 0.284. The van der Waals surface area contributed by atoms with Crippen LogP contribution in [0.3, 0.4) is 0 Å². The zero-order chi connectivity index (χ0) is 24.6. The minimum Gasteiger partial charge on any atom is -0.571 e. The van der Waals surface area contributed by atoms with Gasteiger partial charge in [0.2, 0.25) is 17.3 Å². The molecule has 0 radical (unpaired) electrons. The number of carbonyl (C=O) groups excluding carboxylic acids is 2. The van der Waals surface area contributed by atoms with Crippen LogP contribution in [0.4, 0.5) is 5.69 Å². The molecule has 1 saturated heterocycles. The average Bonchev–Trinajstić information content (AvgIpc) is 3.25. The number of hydrogen-bond donors (Lipinski definition) is 0. The van der Waals surface area contributed by atoms with Crippen LogP contribution in [0.25, 0.3) is 0 Å². The Morgan fingerprint density at radius 1 is 0.806 bits per heavy atom. The molecule has 1 fully saturated rings. The molecule has 0 N–H and O–H groups in total. The van der Waals surface area contributed by atoms with Gasteiger partial charge < -0.3 is 10.1 Å². The van der Waals surface area contributed by atoms with Crippen molar-refractivity contribution in [1.29, 1.82) is 0 Å². The number of hydrogen-bond acceptors (Lipinski definition) is 5. The van der Waals surface area contributed by atoms with Crippen molar-refractivity contribution in [3.05, 3.63) is 118 Å². The van der Waals surface area contributed by atoms with Gasteiger partial charge in [-0.05, 0) is 48.4 Å². The molecule has 6 rings (SSSR count). The van der Waals surface area contributed by atoms with Crippen molar-refractivity contribution in [2.24, 2.45) is 5.92 Å². The summed E-state index contributed by atoms with van der Waals surface area (Å²) in [5.74, 6) is -0.0416. The van der Waals surface area contributed by atoms with Crippen LogP contribution in [-0.4, -0.2) is 34.4 Å². The highest BCUT2D eigenvalue weighted by Crippen LogP contribution is 2.28. The van der Waals surface area contributed by atoms with Crippen LogP contribution in [-0.2, 0) is 13.0 Å². The Bertz CT molecular complexity index is 1440. The number of nitrogens with zero attached hydrogens (tertiary/aromatic N) is 4. The maximum atomic E-state index is 13.1. The number of carbonyl (C=O) groups is 2.